The van der Waals surface area contributed by atoms with E-state index < -0.39 is 57.6 Å². The molecule has 1 N–H and O–H groups in total. The molecule has 7 fully saturated rings. The molecule has 2 aliphatic heterocycles. The van der Waals surface area contributed by atoms with E-state index in [1.807, 2.05) is 0 Å². The predicted molar refractivity (Wildman–Crippen MR) is 144 cm³/mol. The number of ether oxygens (including phenoxy) is 4. The summed E-state index contributed by atoms with van der Waals surface area (Å²) in [7, 11) is 0. The van der Waals surface area contributed by atoms with Crippen molar-refractivity contribution in [1.82, 2.24) is 3.53 Å². The SMILES string of the molecule is CCC(C)(OC(=O)C1C2CC3C(OC(=O)C31)C2OC(=O)COC(=O)C(C)(I)C1N[I-]1)C1CCC2C3CCC(C3)C21. The summed E-state index contributed by atoms with van der Waals surface area (Å²) >= 11 is 1.86. The average molecular weight is 782 g/mol. The van der Waals surface area contributed by atoms with Crippen LogP contribution < -0.4 is 25.0 Å². The Balaban J connectivity index is 1.03. The first-order chi connectivity index (χ1) is 19.0. The molecule has 222 valence electrons. The maximum absolute atomic E-state index is 13.9. The van der Waals surface area contributed by atoms with Gasteiger partial charge in [-0.25, -0.2) is 0 Å². The molecule has 7 rings (SSSR count). The Bertz CT molecular complexity index is 1130. The minimum atomic E-state index is -0.729. The van der Waals surface area contributed by atoms with Crippen molar-refractivity contribution in [2.45, 2.75) is 91.0 Å². The number of halogens is 2. The summed E-state index contributed by atoms with van der Waals surface area (Å²) in [5.41, 5.74) is -0.574. The predicted octanol–water partition coefficient (Wildman–Crippen LogP) is 0.160. The molecule has 9 nitrogen and oxygen atoms in total. The van der Waals surface area contributed by atoms with Gasteiger partial charge in [0.15, 0.2) is 0 Å². The van der Waals surface area contributed by atoms with Crippen LogP contribution in [-0.4, -0.2) is 55.8 Å². The van der Waals surface area contributed by atoms with Crippen LogP contribution in [0.5, 0.6) is 0 Å². The molecule has 0 amide bonds. The van der Waals surface area contributed by atoms with Crippen molar-refractivity contribution in [3.8, 4) is 0 Å². The number of hydrogen-bond acceptors (Lipinski definition) is 9. The Hall–Kier alpha value is -0.700. The number of esters is 4. The van der Waals surface area contributed by atoms with Crippen LogP contribution in [-0.2, 0) is 38.1 Å². The van der Waals surface area contributed by atoms with Gasteiger partial charge in [0.05, 0.1) is 0 Å². The third kappa shape index (κ3) is 4.27. The summed E-state index contributed by atoms with van der Waals surface area (Å²) in [4.78, 5) is 52.1. The second-order valence-electron chi connectivity index (χ2n) is 13.5. The minimum absolute atomic E-state index is 0.135. The van der Waals surface area contributed by atoms with Crippen molar-refractivity contribution in [2.75, 3.05) is 6.61 Å². The van der Waals surface area contributed by atoms with Crippen molar-refractivity contribution >= 4 is 46.5 Å². The minimum Gasteiger partial charge on any atom is -0.0499 e. The number of hydrogen-bond donors (Lipinski definition) is 1. The van der Waals surface area contributed by atoms with Crippen LogP contribution in [0.1, 0.15) is 65.7 Å². The van der Waals surface area contributed by atoms with Crippen molar-refractivity contribution in [3.63, 3.8) is 0 Å². The monoisotopic (exact) mass is 782 g/mol. The van der Waals surface area contributed by atoms with Gasteiger partial charge in [0.2, 0.25) is 0 Å². The standard InChI is InChI=1S/C29H38I2NO8/c1-4-28(2,17-8-7-14-12-5-6-13(9-12)19(14)17)40-25(35)21-16-10-15-20(21)24(34)39-23(15)22(16)38-18(33)11-37-27(36)29(3,30)26-31-32-26/h12-17,19-23,26,32H,4-11H2,1-3H3/q-1. The fourth-order valence-corrected chi connectivity index (χ4v) is 13.1. The quantitative estimate of drug-likeness (QED) is 0.0663. The van der Waals surface area contributed by atoms with E-state index >= 15 is 0 Å². The third-order valence-electron chi connectivity index (χ3n) is 11.8. The summed E-state index contributed by atoms with van der Waals surface area (Å²) in [6.07, 6.45) is 6.35. The smallest absolute Gasteiger partial charge is 0.00186 e. The molecule has 0 aromatic carbocycles. The number of nitrogens with one attached hydrogen (secondary N) is 1. The van der Waals surface area contributed by atoms with E-state index in [-0.39, 0.29) is 43.3 Å². The second-order valence-corrected chi connectivity index (χ2v) is 18.3. The zero-order chi connectivity index (χ0) is 28.1. The largest absolute Gasteiger partial charge is 0.0499 e. The number of alkyl halides is 2. The van der Waals surface area contributed by atoms with Crippen LogP contribution in [0.15, 0.2) is 0 Å². The topological polar surface area (TPSA) is 127 Å². The molecule has 5 saturated carbocycles. The summed E-state index contributed by atoms with van der Waals surface area (Å²) in [6.45, 7) is 5.49. The fourth-order valence-electron chi connectivity index (χ4n) is 9.75. The van der Waals surface area contributed by atoms with Gasteiger partial charge in [-0.15, -0.1) is 0 Å². The van der Waals surface area contributed by atoms with Crippen molar-refractivity contribution in [1.29, 1.82) is 0 Å². The summed E-state index contributed by atoms with van der Waals surface area (Å²) in [6, 6.07) is 0. The summed E-state index contributed by atoms with van der Waals surface area (Å²) < 4.78 is 25.8. The molecular weight excluding hydrogens is 744 g/mol. The van der Waals surface area contributed by atoms with Crippen LogP contribution in [0.25, 0.3) is 0 Å². The maximum atomic E-state index is 13.9. The van der Waals surface area contributed by atoms with Gasteiger partial charge in [0.1, 0.15) is 5.60 Å². The van der Waals surface area contributed by atoms with E-state index in [1.54, 1.807) is 6.92 Å². The molecule has 14 unspecified atom stereocenters. The molecule has 0 spiro atoms. The molecular formula is C29H38I2NO8-. The van der Waals surface area contributed by atoms with Crippen LogP contribution in [0.3, 0.4) is 0 Å². The molecule has 7 aliphatic rings. The first-order valence-corrected chi connectivity index (χ1v) is 18.3. The molecule has 14 atom stereocenters. The normalized spacial score (nSPS) is 46.5. The van der Waals surface area contributed by atoms with Gasteiger partial charge in [-0.05, 0) is 69.1 Å². The van der Waals surface area contributed by atoms with Gasteiger partial charge < -0.3 is 0 Å². The summed E-state index contributed by atoms with van der Waals surface area (Å²) in [5, 5.41) is 0. The average Bonchev–Trinajstić information content (AvgIpc) is 3.33. The molecule has 0 radical (unpaired) electrons. The van der Waals surface area contributed by atoms with Crippen LogP contribution >= 0.6 is 22.6 Å². The Labute approximate surface area is 259 Å². The first-order valence-electron chi connectivity index (χ1n) is 14.9. The molecule has 11 heteroatoms. The zero-order valence-electron chi connectivity index (χ0n) is 23.1. The van der Waals surface area contributed by atoms with E-state index in [2.05, 4.69) is 40.0 Å². The molecule has 0 aromatic rings. The van der Waals surface area contributed by atoms with Crippen molar-refractivity contribution in [3.05, 3.63) is 0 Å². The van der Waals surface area contributed by atoms with Crippen LogP contribution in [0.4, 0.5) is 0 Å². The number of fused-ring (bicyclic) bond motifs is 6. The summed E-state index contributed by atoms with van der Waals surface area (Å²) in [5.74, 6) is -0.236. The first kappa shape index (κ1) is 28.1. The van der Waals surface area contributed by atoms with E-state index in [0.717, 1.165) is 30.6 Å². The van der Waals surface area contributed by atoms with Gasteiger partial charge in [-0.1, -0.05) is 6.92 Å². The zero-order valence-corrected chi connectivity index (χ0v) is 27.4. The van der Waals surface area contributed by atoms with Gasteiger partial charge in [0, 0.05) is 5.92 Å². The fraction of sp³-hybridized carbons (Fsp3) is 0.862. The van der Waals surface area contributed by atoms with Gasteiger partial charge in [0.25, 0.3) is 0 Å². The van der Waals surface area contributed by atoms with E-state index in [0.29, 0.717) is 18.3 Å². The third-order valence-corrected chi connectivity index (χ3v) is 16.5. The number of carbonyl (C=O) groups is 4. The maximum Gasteiger partial charge on any atom is 0.00186 e. The molecule has 2 heterocycles. The molecule has 0 aromatic heterocycles. The van der Waals surface area contributed by atoms with E-state index in [9.17, 15) is 19.2 Å². The Morgan fingerprint density at radius 3 is 2.55 bits per heavy atom. The van der Waals surface area contributed by atoms with Gasteiger partial charge in [-0.2, -0.15) is 0 Å². The molecule has 5 aliphatic carbocycles. The van der Waals surface area contributed by atoms with Gasteiger partial charge >= 0.3 is 173 Å². The number of rotatable bonds is 9. The van der Waals surface area contributed by atoms with Crippen LogP contribution in [0.2, 0.25) is 0 Å². The van der Waals surface area contributed by atoms with E-state index in [1.165, 1.54) is 25.7 Å². The second kappa shape index (κ2) is 9.92. The Morgan fingerprint density at radius 2 is 1.82 bits per heavy atom. The Morgan fingerprint density at radius 1 is 1.07 bits per heavy atom. The van der Waals surface area contributed by atoms with Gasteiger partial charge in [-0.3, -0.25) is 0 Å². The van der Waals surface area contributed by atoms with E-state index in [4.69, 9.17) is 18.9 Å². The van der Waals surface area contributed by atoms with Crippen molar-refractivity contribution in [2.24, 2.45) is 53.3 Å². The molecule has 2 saturated heterocycles. The van der Waals surface area contributed by atoms with Crippen LogP contribution in [0, 0.1) is 53.3 Å². The van der Waals surface area contributed by atoms with Crippen molar-refractivity contribution < 1.29 is 59.6 Å². The molecule has 40 heavy (non-hydrogen) atoms. The molecule has 4 bridgehead atoms. The number of carbonyl (C=O) groups excluding carboxylic acids is 4. The Kier molecular flexibility index (Phi) is 6.97.